The molecule has 1 aliphatic heterocycles. The Balaban J connectivity index is 2.26. The number of rotatable bonds is 2. The normalized spacial score (nSPS) is 14.8. The van der Waals surface area contributed by atoms with Gasteiger partial charge in [0.2, 0.25) is 6.79 Å². The fraction of sp³-hybridized carbons (Fsp3) is 0.300. The van der Waals surface area contributed by atoms with E-state index in [0.717, 1.165) is 0 Å². The van der Waals surface area contributed by atoms with Gasteiger partial charge in [-0.1, -0.05) is 6.07 Å². The molecule has 2 N–H and O–H groups in total. The Kier molecular flexibility index (Phi) is 2.47. The Morgan fingerprint density at radius 1 is 1.47 bits per heavy atom. The first-order valence-electron chi connectivity index (χ1n) is 4.45. The molecule has 0 saturated carbocycles. The summed E-state index contributed by atoms with van der Waals surface area (Å²) >= 11 is 0. The monoisotopic (exact) mass is 209 g/mol. The summed E-state index contributed by atoms with van der Waals surface area (Å²) in [7, 11) is 1.30. The van der Waals surface area contributed by atoms with Crippen molar-refractivity contribution in [3.05, 3.63) is 23.8 Å². The number of nitrogens with two attached hydrogens (primary N) is 1. The number of hydrogen-bond acceptors (Lipinski definition) is 5. The summed E-state index contributed by atoms with van der Waals surface area (Å²) in [5.74, 6) is 0.788. The molecule has 1 atom stereocenters. The molecule has 1 aliphatic rings. The third kappa shape index (κ3) is 1.73. The van der Waals surface area contributed by atoms with Crippen LogP contribution in [0.4, 0.5) is 0 Å². The van der Waals surface area contributed by atoms with Crippen LogP contribution >= 0.6 is 0 Å². The summed E-state index contributed by atoms with van der Waals surface area (Å²) < 4.78 is 14.9. The molecule has 0 aliphatic carbocycles. The molecule has 2 rings (SSSR count). The summed E-state index contributed by atoms with van der Waals surface area (Å²) in [6, 6.07) is 4.34. The average Bonchev–Trinajstić information content (AvgIpc) is 2.73. The van der Waals surface area contributed by atoms with Gasteiger partial charge in [-0.25, -0.2) is 0 Å². The van der Waals surface area contributed by atoms with Crippen molar-refractivity contribution in [2.45, 2.75) is 6.04 Å². The Hall–Kier alpha value is -1.75. The van der Waals surface area contributed by atoms with E-state index in [1.807, 2.05) is 0 Å². The minimum Gasteiger partial charge on any atom is -0.468 e. The van der Waals surface area contributed by atoms with Crippen molar-refractivity contribution in [1.82, 2.24) is 0 Å². The van der Waals surface area contributed by atoms with Gasteiger partial charge in [-0.05, 0) is 17.7 Å². The molecule has 80 valence electrons. The summed E-state index contributed by atoms with van der Waals surface area (Å²) in [4.78, 5) is 11.2. The minimum absolute atomic E-state index is 0.201. The van der Waals surface area contributed by atoms with E-state index in [-0.39, 0.29) is 6.79 Å². The van der Waals surface area contributed by atoms with Crippen molar-refractivity contribution in [2.24, 2.45) is 5.73 Å². The lowest BCUT2D eigenvalue weighted by Crippen LogP contribution is -2.22. The predicted octanol–water partition coefficient (Wildman–Crippen LogP) is 0.588. The van der Waals surface area contributed by atoms with E-state index in [9.17, 15) is 4.79 Å². The zero-order chi connectivity index (χ0) is 10.8. The molecule has 1 aromatic carbocycles. The molecule has 0 unspecified atom stereocenters. The van der Waals surface area contributed by atoms with E-state index < -0.39 is 12.0 Å². The van der Waals surface area contributed by atoms with Crippen LogP contribution in [-0.2, 0) is 9.53 Å². The molecular formula is C10H11NO4. The second-order valence-electron chi connectivity index (χ2n) is 3.11. The van der Waals surface area contributed by atoms with Crippen LogP contribution in [0.25, 0.3) is 0 Å². The van der Waals surface area contributed by atoms with Crippen molar-refractivity contribution < 1.29 is 19.0 Å². The quantitative estimate of drug-likeness (QED) is 0.722. The maximum absolute atomic E-state index is 11.2. The number of carbonyl (C=O) groups is 1. The lowest BCUT2D eigenvalue weighted by molar-refractivity contribution is -0.142. The summed E-state index contributed by atoms with van der Waals surface area (Å²) in [5, 5.41) is 0. The molecular weight excluding hydrogens is 198 g/mol. The van der Waals surface area contributed by atoms with Crippen LogP contribution in [0.5, 0.6) is 11.5 Å². The zero-order valence-electron chi connectivity index (χ0n) is 8.23. The number of esters is 1. The average molecular weight is 209 g/mol. The zero-order valence-corrected chi connectivity index (χ0v) is 8.23. The highest BCUT2D eigenvalue weighted by atomic mass is 16.7. The highest BCUT2D eigenvalue weighted by Gasteiger charge is 2.20. The molecule has 1 aromatic rings. The molecule has 1 heterocycles. The third-order valence-corrected chi connectivity index (χ3v) is 2.21. The van der Waals surface area contributed by atoms with Crippen LogP contribution in [0.3, 0.4) is 0 Å². The first-order valence-corrected chi connectivity index (χ1v) is 4.45. The number of methoxy groups -OCH3 is 1. The van der Waals surface area contributed by atoms with Crippen LogP contribution in [0.2, 0.25) is 0 Å². The molecule has 0 aromatic heterocycles. The molecule has 5 heteroatoms. The van der Waals surface area contributed by atoms with E-state index in [1.54, 1.807) is 18.2 Å². The number of ether oxygens (including phenoxy) is 3. The summed E-state index contributed by atoms with van der Waals surface area (Å²) in [6.07, 6.45) is 0. The molecule has 0 fully saturated rings. The SMILES string of the molecule is COC(=O)[C@H](N)c1ccc2c(c1)OCO2. The van der Waals surface area contributed by atoms with Crippen molar-refractivity contribution in [1.29, 1.82) is 0 Å². The largest absolute Gasteiger partial charge is 0.468 e. The standard InChI is InChI=1S/C10H11NO4/c1-13-10(12)9(11)6-2-3-7-8(4-6)15-5-14-7/h2-4,9H,5,11H2,1H3/t9-/m1/s1. The molecule has 0 radical (unpaired) electrons. The van der Waals surface area contributed by atoms with Crippen molar-refractivity contribution >= 4 is 5.97 Å². The predicted molar refractivity (Wildman–Crippen MR) is 51.5 cm³/mol. The Morgan fingerprint density at radius 3 is 2.93 bits per heavy atom. The van der Waals surface area contributed by atoms with Gasteiger partial charge in [0.15, 0.2) is 11.5 Å². The second kappa shape index (κ2) is 3.78. The van der Waals surface area contributed by atoms with E-state index in [2.05, 4.69) is 4.74 Å². The van der Waals surface area contributed by atoms with Gasteiger partial charge in [0.1, 0.15) is 6.04 Å². The molecule has 0 bridgehead atoms. The highest BCUT2D eigenvalue weighted by Crippen LogP contribution is 2.33. The molecule has 0 spiro atoms. The first kappa shape index (κ1) is 9.79. The van der Waals surface area contributed by atoms with Gasteiger partial charge in [-0.2, -0.15) is 0 Å². The Bertz CT molecular complexity index is 391. The van der Waals surface area contributed by atoms with Crippen LogP contribution in [0.1, 0.15) is 11.6 Å². The van der Waals surface area contributed by atoms with Crippen molar-refractivity contribution in [2.75, 3.05) is 13.9 Å². The minimum atomic E-state index is -0.788. The van der Waals surface area contributed by atoms with E-state index in [0.29, 0.717) is 17.1 Å². The smallest absolute Gasteiger partial charge is 0.327 e. The molecule has 5 nitrogen and oxygen atoms in total. The number of fused-ring (bicyclic) bond motifs is 1. The third-order valence-electron chi connectivity index (χ3n) is 2.21. The lowest BCUT2D eigenvalue weighted by atomic mass is 10.1. The fourth-order valence-corrected chi connectivity index (χ4v) is 1.37. The van der Waals surface area contributed by atoms with Gasteiger partial charge >= 0.3 is 5.97 Å². The molecule has 15 heavy (non-hydrogen) atoms. The lowest BCUT2D eigenvalue weighted by Gasteiger charge is -2.09. The van der Waals surface area contributed by atoms with Crippen LogP contribution in [0, 0.1) is 0 Å². The molecule has 0 amide bonds. The summed E-state index contributed by atoms with van der Waals surface area (Å²) in [6.45, 7) is 0.201. The van der Waals surface area contributed by atoms with Gasteiger partial charge < -0.3 is 19.9 Å². The van der Waals surface area contributed by atoms with Gasteiger partial charge in [0, 0.05) is 0 Å². The number of hydrogen-bond donors (Lipinski definition) is 1. The topological polar surface area (TPSA) is 70.8 Å². The maximum atomic E-state index is 11.2. The second-order valence-corrected chi connectivity index (χ2v) is 3.11. The van der Waals surface area contributed by atoms with Crippen molar-refractivity contribution in [3.63, 3.8) is 0 Å². The van der Waals surface area contributed by atoms with Crippen LogP contribution < -0.4 is 15.2 Å². The maximum Gasteiger partial charge on any atom is 0.327 e. The van der Waals surface area contributed by atoms with E-state index in [4.69, 9.17) is 15.2 Å². The van der Waals surface area contributed by atoms with Crippen LogP contribution in [0.15, 0.2) is 18.2 Å². The van der Waals surface area contributed by atoms with E-state index in [1.165, 1.54) is 7.11 Å². The Morgan fingerprint density at radius 2 is 2.20 bits per heavy atom. The molecule has 0 saturated heterocycles. The van der Waals surface area contributed by atoms with E-state index >= 15 is 0 Å². The highest BCUT2D eigenvalue weighted by molar-refractivity contribution is 5.77. The van der Waals surface area contributed by atoms with Gasteiger partial charge in [0.05, 0.1) is 7.11 Å². The van der Waals surface area contributed by atoms with Crippen LogP contribution in [-0.4, -0.2) is 19.9 Å². The first-order chi connectivity index (χ1) is 7.22. The Labute approximate surface area is 86.7 Å². The van der Waals surface area contributed by atoms with Gasteiger partial charge in [-0.15, -0.1) is 0 Å². The number of carbonyl (C=O) groups excluding carboxylic acids is 1. The summed E-state index contributed by atoms with van der Waals surface area (Å²) in [5.41, 5.74) is 6.32. The number of benzene rings is 1. The van der Waals surface area contributed by atoms with Gasteiger partial charge in [0.25, 0.3) is 0 Å². The van der Waals surface area contributed by atoms with Gasteiger partial charge in [-0.3, -0.25) is 4.79 Å². The van der Waals surface area contributed by atoms with Crippen molar-refractivity contribution in [3.8, 4) is 11.5 Å². The fourth-order valence-electron chi connectivity index (χ4n) is 1.37.